The van der Waals surface area contributed by atoms with Gasteiger partial charge < -0.3 is 10.4 Å². The molecule has 0 atom stereocenters. The Bertz CT molecular complexity index is 596. The highest BCUT2D eigenvalue weighted by molar-refractivity contribution is 5.79. The van der Waals surface area contributed by atoms with E-state index in [0.29, 0.717) is 13.1 Å². The van der Waals surface area contributed by atoms with Gasteiger partial charge in [0.05, 0.1) is 18.2 Å². The number of carbonyl (C=O) groups is 1. The van der Waals surface area contributed by atoms with Crippen LogP contribution in [0.15, 0.2) is 30.3 Å². The van der Waals surface area contributed by atoms with E-state index in [9.17, 15) is 15.2 Å². The number of nitriles is 1. The van der Waals surface area contributed by atoms with Gasteiger partial charge in [-0.3, -0.25) is 9.69 Å². The first-order chi connectivity index (χ1) is 11.8. The van der Waals surface area contributed by atoms with E-state index in [0.717, 1.165) is 37.7 Å². The van der Waals surface area contributed by atoms with Gasteiger partial charge in [0.15, 0.2) is 0 Å². The van der Waals surface area contributed by atoms with Crippen LogP contribution < -0.4 is 5.32 Å². The minimum Gasteiger partial charge on any atom is -0.389 e. The van der Waals surface area contributed by atoms with Crippen molar-refractivity contribution in [2.75, 3.05) is 13.1 Å². The van der Waals surface area contributed by atoms with Crippen LogP contribution in [0.5, 0.6) is 0 Å². The molecule has 0 heterocycles. The average Bonchev–Trinajstić information content (AvgIpc) is 2.55. The highest BCUT2D eigenvalue weighted by atomic mass is 16.3. The number of hydrogen-bond donors (Lipinski definition) is 2. The Labute approximate surface area is 150 Å². The van der Waals surface area contributed by atoms with Crippen molar-refractivity contribution in [3.8, 4) is 6.07 Å². The zero-order valence-electron chi connectivity index (χ0n) is 15.3. The molecule has 0 aromatic heterocycles. The molecule has 1 aliphatic carbocycles. The van der Waals surface area contributed by atoms with Crippen molar-refractivity contribution in [3.63, 3.8) is 0 Å². The first kappa shape index (κ1) is 19.4. The summed E-state index contributed by atoms with van der Waals surface area (Å²) in [4.78, 5) is 14.5. The van der Waals surface area contributed by atoms with Crippen molar-refractivity contribution in [3.05, 3.63) is 35.9 Å². The Hall–Kier alpha value is -1.90. The third-order valence-corrected chi connectivity index (χ3v) is 4.53. The lowest BCUT2D eigenvalue weighted by atomic mass is 9.83. The van der Waals surface area contributed by atoms with Gasteiger partial charge in [0.2, 0.25) is 5.91 Å². The quantitative estimate of drug-likeness (QED) is 0.798. The SMILES string of the molecule is CC(C)(O)CN(CC(=O)NC1(C#N)CCCCC1)Cc1ccccc1. The molecule has 0 aliphatic heterocycles. The van der Waals surface area contributed by atoms with Crippen LogP contribution in [0.2, 0.25) is 0 Å². The molecule has 136 valence electrons. The van der Waals surface area contributed by atoms with Crippen molar-refractivity contribution in [1.29, 1.82) is 5.26 Å². The number of hydrogen-bond acceptors (Lipinski definition) is 4. The van der Waals surface area contributed by atoms with Crippen molar-refractivity contribution in [2.24, 2.45) is 0 Å². The second-order valence-electron chi connectivity index (χ2n) is 7.75. The Morgan fingerprint density at radius 2 is 1.92 bits per heavy atom. The number of benzene rings is 1. The number of nitrogens with one attached hydrogen (secondary N) is 1. The molecule has 1 aromatic carbocycles. The first-order valence-corrected chi connectivity index (χ1v) is 9.03. The van der Waals surface area contributed by atoms with Crippen LogP contribution in [0.1, 0.15) is 51.5 Å². The summed E-state index contributed by atoms with van der Waals surface area (Å²) in [5.41, 5.74) is -0.526. The van der Waals surface area contributed by atoms with E-state index in [-0.39, 0.29) is 12.5 Å². The van der Waals surface area contributed by atoms with E-state index in [1.54, 1.807) is 13.8 Å². The Kier molecular flexibility index (Phi) is 6.57. The van der Waals surface area contributed by atoms with E-state index in [4.69, 9.17) is 0 Å². The molecule has 0 radical (unpaired) electrons. The molecule has 5 nitrogen and oxygen atoms in total. The molecule has 1 saturated carbocycles. The third-order valence-electron chi connectivity index (χ3n) is 4.53. The van der Waals surface area contributed by atoms with Gasteiger partial charge in [-0.25, -0.2) is 0 Å². The second-order valence-corrected chi connectivity index (χ2v) is 7.75. The van der Waals surface area contributed by atoms with Gasteiger partial charge in [-0.05, 0) is 32.3 Å². The van der Waals surface area contributed by atoms with Crippen molar-refractivity contribution in [2.45, 2.75) is 63.6 Å². The van der Waals surface area contributed by atoms with Gasteiger partial charge in [0, 0.05) is 13.1 Å². The molecule has 1 fully saturated rings. The molecule has 1 aromatic rings. The minimum absolute atomic E-state index is 0.149. The minimum atomic E-state index is -0.896. The highest BCUT2D eigenvalue weighted by Gasteiger charge is 2.34. The monoisotopic (exact) mass is 343 g/mol. The number of nitrogens with zero attached hydrogens (tertiary/aromatic N) is 2. The summed E-state index contributed by atoms with van der Waals surface area (Å²) >= 11 is 0. The molecular weight excluding hydrogens is 314 g/mol. The topological polar surface area (TPSA) is 76.4 Å². The van der Waals surface area contributed by atoms with Crippen LogP contribution in [0.3, 0.4) is 0 Å². The number of rotatable bonds is 7. The van der Waals surface area contributed by atoms with Crippen LogP contribution in [-0.2, 0) is 11.3 Å². The molecule has 0 saturated heterocycles. The molecule has 25 heavy (non-hydrogen) atoms. The first-order valence-electron chi connectivity index (χ1n) is 9.03. The summed E-state index contributed by atoms with van der Waals surface area (Å²) in [6.07, 6.45) is 4.52. The molecule has 1 aliphatic rings. The van der Waals surface area contributed by atoms with Crippen molar-refractivity contribution < 1.29 is 9.90 Å². The fourth-order valence-corrected chi connectivity index (χ4v) is 3.49. The Balaban J connectivity index is 2.02. The number of aliphatic hydroxyl groups is 1. The van der Waals surface area contributed by atoms with E-state index in [1.165, 1.54) is 0 Å². The van der Waals surface area contributed by atoms with E-state index in [2.05, 4.69) is 11.4 Å². The summed E-state index contributed by atoms with van der Waals surface area (Å²) in [5, 5.41) is 22.7. The van der Waals surface area contributed by atoms with Crippen LogP contribution >= 0.6 is 0 Å². The summed E-state index contributed by atoms with van der Waals surface area (Å²) in [5.74, 6) is -0.149. The van der Waals surface area contributed by atoms with Crippen LogP contribution in [0.4, 0.5) is 0 Å². The van der Waals surface area contributed by atoms with Crippen LogP contribution in [0.25, 0.3) is 0 Å². The number of amides is 1. The summed E-state index contributed by atoms with van der Waals surface area (Å²) in [6, 6.07) is 12.2. The molecular formula is C20H29N3O2. The summed E-state index contributed by atoms with van der Waals surface area (Å²) in [7, 11) is 0. The van der Waals surface area contributed by atoms with Gasteiger partial charge in [-0.2, -0.15) is 5.26 Å². The predicted octanol–water partition coefficient (Wildman–Crippen LogP) is 2.60. The van der Waals surface area contributed by atoms with Gasteiger partial charge in [-0.1, -0.05) is 49.6 Å². The smallest absolute Gasteiger partial charge is 0.235 e. The highest BCUT2D eigenvalue weighted by Crippen LogP contribution is 2.27. The Morgan fingerprint density at radius 3 is 2.48 bits per heavy atom. The second kappa shape index (κ2) is 8.46. The number of carbonyl (C=O) groups excluding carboxylic acids is 1. The lowest BCUT2D eigenvalue weighted by molar-refractivity contribution is -0.124. The molecule has 0 unspecified atom stereocenters. The molecule has 2 N–H and O–H groups in total. The van der Waals surface area contributed by atoms with Crippen molar-refractivity contribution in [1.82, 2.24) is 10.2 Å². The normalized spacial score (nSPS) is 17.1. The van der Waals surface area contributed by atoms with E-state index < -0.39 is 11.1 Å². The fourth-order valence-electron chi connectivity index (χ4n) is 3.49. The van der Waals surface area contributed by atoms with E-state index >= 15 is 0 Å². The largest absolute Gasteiger partial charge is 0.389 e. The third kappa shape index (κ3) is 6.49. The zero-order valence-corrected chi connectivity index (χ0v) is 15.3. The lowest BCUT2D eigenvalue weighted by Crippen LogP contribution is -2.52. The van der Waals surface area contributed by atoms with E-state index in [1.807, 2.05) is 35.2 Å². The van der Waals surface area contributed by atoms with Gasteiger partial charge >= 0.3 is 0 Å². The molecule has 2 rings (SSSR count). The maximum Gasteiger partial charge on any atom is 0.235 e. The maximum atomic E-state index is 12.6. The van der Waals surface area contributed by atoms with Gasteiger partial charge in [0.25, 0.3) is 0 Å². The average molecular weight is 343 g/mol. The maximum absolute atomic E-state index is 12.6. The van der Waals surface area contributed by atoms with Crippen LogP contribution in [-0.4, -0.2) is 40.1 Å². The summed E-state index contributed by atoms with van der Waals surface area (Å²) in [6.45, 7) is 4.61. The predicted molar refractivity (Wildman–Crippen MR) is 97.6 cm³/mol. The zero-order chi connectivity index (χ0) is 18.3. The van der Waals surface area contributed by atoms with Gasteiger partial charge in [-0.15, -0.1) is 0 Å². The Morgan fingerprint density at radius 1 is 1.28 bits per heavy atom. The van der Waals surface area contributed by atoms with Crippen molar-refractivity contribution >= 4 is 5.91 Å². The van der Waals surface area contributed by atoms with Gasteiger partial charge in [0.1, 0.15) is 5.54 Å². The van der Waals surface area contributed by atoms with Crippen LogP contribution in [0, 0.1) is 11.3 Å². The molecule has 0 bridgehead atoms. The fraction of sp³-hybridized carbons (Fsp3) is 0.600. The molecule has 1 amide bonds. The lowest BCUT2D eigenvalue weighted by Gasteiger charge is -2.33. The molecule has 5 heteroatoms. The summed E-state index contributed by atoms with van der Waals surface area (Å²) < 4.78 is 0. The molecule has 0 spiro atoms. The standard InChI is InChI=1S/C20H29N3O2/c1-19(2,25)16-23(13-17-9-5-3-6-10-17)14-18(24)22-20(15-21)11-7-4-8-12-20/h3,5-6,9-10,25H,4,7-8,11-14,16H2,1-2H3,(H,22,24).